The number of aromatic nitrogens is 1. The molecule has 6 aliphatic heterocycles. The van der Waals surface area contributed by atoms with E-state index < -0.39 is 48.4 Å². The zero-order chi connectivity index (χ0) is 64.9. The van der Waals surface area contributed by atoms with Gasteiger partial charge in [0.1, 0.15) is 0 Å². The van der Waals surface area contributed by atoms with Crippen LogP contribution in [-0.4, -0.2) is 53.4 Å². The van der Waals surface area contributed by atoms with Gasteiger partial charge in [0.15, 0.2) is 0 Å². The lowest BCUT2D eigenvalue weighted by Gasteiger charge is -2.36. The molecule has 6 saturated heterocycles. The Hall–Kier alpha value is -1.11. The van der Waals surface area contributed by atoms with Crippen LogP contribution in [0.1, 0.15) is 198 Å². The molecule has 0 bridgehead atoms. The minimum absolute atomic E-state index is 0.570. The van der Waals surface area contributed by atoms with Crippen molar-refractivity contribution in [1.82, 2.24) is 4.98 Å². The van der Waals surface area contributed by atoms with E-state index >= 15 is 0 Å². The first-order valence-electron chi connectivity index (χ1n) is 36.3. The number of hydrogen-bond acceptors (Lipinski definition) is 1. The number of hydrogen-bond donors (Lipinski definition) is 0. The molecule has 0 aliphatic carbocycles. The first-order chi connectivity index (χ1) is 39.3. The summed E-state index contributed by atoms with van der Waals surface area (Å²) in [6.45, 7) is 65.7. The van der Waals surface area contributed by atoms with E-state index in [1.165, 1.54) is 94.6 Å². The van der Waals surface area contributed by atoms with E-state index in [4.69, 9.17) is 0 Å². The van der Waals surface area contributed by atoms with Crippen LogP contribution < -0.4 is 0 Å². The van der Waals surface area contributed by atoms with Crippen LogP contribution in [0.2, 0.25) is 150 Å². The molecule has 6 unspecified atom stereocenters. The van der Waals surface area contributed by atoms with Gasteiger partial charge < -0.3 is 0 Å². The molecule has 6 atom stereocenters. The average molecular weight is 1270 g/mol. The standard InChI is InChI=1S/2C10H22Si.2C9H20Si.C9H12.2C8H18Si.C8H10.C7H9N/c1-10(2,3)9-6-7-11(4,5)8-9;1-10(2,3)9-7-6-8-11(9,4)5;1-8(2)9-5-6-10(3,4)7-9;1-8(2)9-6-5-7-10(9,3)4;1-2-6-9-7-4-3-5-8-9;1-4-8-5-6-9(2,3)7-8;1-4-8-6-5-7-9(8,2)3;1-2-8-6-4-3-5-7-8;1-2-7-5-3-4-6-8-7/h2*9H,6-8H2,1-5H3;2*8-9H,5-7H2,1-4H3;3-5,7-8H,2,6H2,1H3;2*8H,4-7H2,1-3H3;3-7H,2H2,1H3;3-6H,2H2,1H3. The van der Waals surface area contributed by atoms with Crippen molar-refractivity contribution in [3.05, 3.63) is 102 Å². The quantitative estimate of drug-likeness (QED) is 0.205. The van der Waals surface area contributed by atoms with Gasteiger partial charge in [0.05, 0.1) is 24.2 Å². The SMILES string of the molecule is CC(C)(C)C1CCC[Si]1(C)C.CC(C)(C)C1CC[Si](C)(C)C1.CC(C)C1CCC[Si]1(C)C.CC(C)C1CC[Si](C)(C)C1.CCC1CCC[Si]1(C)C.CCC1CC[Si](C)(C)C1.CCCc1ccccc1.CCc1ccccc1.CCc1ccccn1. The molecule has 6 aliphatic rings. The Morgan fingerprint density at radius 2 is 0.941 bits per heavy atom. The summed E-state index contributed by atoms with van der Waals surface area (Å²) in [6, 6.07) is 41.2. The van der Waals surface area contributed by atoms with Gasteiger partial charge in [0.2, 0.25) is 0 Å². The second-order valence-electron chi connectivity index (χ2n) is 35.3. The summed E-state index contributed by atoms with van der Waals surface area (Å²) in [6.07, 6.45) is 23.0. The molecular formula is C78H151NSi6. The van der Waals surface area contributed by atoms with Crippen molar-refractivity contribution >= 4 is 48.4 Å². The van der Waals surface area contributed by atoms with Gasteiger partial charge in [-0.15, -0.1) is 0 Å². The van der Waals surface area contributed by atoms with Crippen molar-refractivity contribution in [3.63, 3.8) is 0 Å². The molecule has 1 nitrogen and oxygen atoms in total. The summed E-state index contributed by atoms with van der Waals surface area (Å²) in [4.78, 5) is 4.10. The fourth-order valence-corrected chi connectivity index (χ4v) is 39.2. The van der Waals surface area contributed by atoms with Crippen LogP contribution in [0.15, 0.2) is 85.1 Å². The summed E-state index contributed by atoms with van der Waals surface area (Å²) in [5.74, 6) is 5.08. The Morgan fingerprint density at radius 3 is 1.19 bits per heavy atom. The van der Waals surface area contributed by atoms with Gasteiger partial charge in [0, 0.05) is 36.1 Å². The molecule has 2 aromatic carbocycles. The van der Waals surface area contributed by atoms with Gasteiger partial charge in [-0.25, -0.2) is 0 Å². The maximum atomic E-state index is 4.10. The van der Waals surface area contributed by atoms with Gasteiger partial charge in [-0.1, -0.05) is 381 Å². The number of pyridine rings is 1. The van der Waals surface area contributed by atoms with E-state index in [0.717, 1.165) is 64.7 Å². The molecule has 7 heterocycles. The summed E-state index contributed by atoms with van der Waals surface area (Å²) in [7, 11) is -4.21. The van der Waals surface area contributed by atoms with Crippen LogP contribution in [-0.2, 0) is 19.3 Å². The van der Waals surface area contributed by atoms with Crippen LogP contribution in [0.5, 0.6) is 0 Å². The molecule has 6 fully saturated rings. The molecule has 3 aromatic rings. The van der Waals surface area contributed by atoms with E-state index in [1.54, 1.807) is 54.4 Å². The van der Waals surface area contributed by atoms with Gasteiger partial charge in [-0.3, -0.25) is 4.98 Å². The highest BCUT2D eigenvalue weighted by Crippen LogP contribution is 2.50. The third-order valence-electron chi connectivity index (χ3n) is 21.9. The van der Waals surface area contributed by atoms with Crippen LogP contribution in [0.3, 0.4) is 0 Å². The molecule has 9 rings (SSSR count). The monoisotopic (exact) mass is 1270 g/mol. The van der Waals surface area contributed by atoms with Crippen molar-refractivity contribution in [3.8, 4) is 0 Å². The van der Waals surface area contributed by atoms with Gasteiger partial charge in [-0.2, -0.15) is 0 Å². The summed E-state index contributed by atoms with van der Waals surface area (Å²) >= 11 is 0. The summed E-state index contributed by atoms with van der Waals surface area (Å²) in [5, 5.41) is 0. The van der Waals surface area contributed by atoms with Crippen LogP contribution >= 0.6 is 0 Å². The highest BCUT2D eigenvalue weighted by atomic mass is 28.3. The van der Waals surface area contributed by atoms with Crippen molar-refractivity contribution in [1.29, 1.82) is 0 Å². The van der Waals surface area contributed by atoms with Gasteiger partial charge >= 0.3 is 0 Å². The summed E-state index contributed by atoms with van der Waals surface area (Å²) < 4.78 is 0. The lowest BCUT2D eigenvalue weighted by molar-refractivity contribution is 0.264. The van der Waals surface area contributed by atoms with E-state index in [9.17, 15) is 0 Å². The molecule has 0 amide bonds. The van der Waals surface area contributed by atoms with Crippen molar-refractivity contribution in [2.45, 2.75) is 350 Å². The molecule has 0 N–H and O–H groups in total. The molecular weight excluding hydrogens is 1120 g/mol. The minimum atomic E-state index is -0.805. The first-order valence-corrected chi connectivity index (χ1v) is 56.4. The van der Waals surface area contributed by atoms with Crippen LogP contribution in [0, 0.1) is 40.4 Å². The van der Waals surface area contributed by atoms with E-state index in [-0.39, 0.29) is 0 Å². The van der Waals surface area contributed by atoms with E-state index in [2.05, 4.69) is 242 Å². The molecule has 0 radical (unpaired) electrons. The normalized spacial score (nSPS) is 25.1. The highest BCUT2D eigenvalue weighted by Gasteiger charge is 2.43. The van der Waals surface area contributed by atoms with Crippen molar-refractivity contribution in [2.24, 2.45) is 40.4 Å². The molecule has 1 aromatic heterocycles. The summed E-state index contributed by atoms with van der Waals surface area (Å²) in [5.41, 5.74) is 8.49. The van der Waals surface area contributed by atoms with Crippen LogP contribution in [0.25, 0.3) is 0 Å². The molecule has 7 heteroatoms. The Labute approximate surface area is 541 Å². The molecule has 492 valence electrons. The maximum Gasteiger partial charge on any atom is 0.0510 e. The fraction of sp³-hybridized carbons (Fsp3) is 0.782. The number of aryl methyl sites for hydroxylation is 3. The van der Waals surface area contributed by atoms with E-state index in [1.807, 2.05) is 30.5 Å². The Kier molecular flexibility index (Phi) is 37.9. The predicted octanol–water partition coefficient (Wildman–Crippen LogP) is 27.5. The number of nitrogens with zero attached hydrogens (tertiary/aromatic N) is 1. The smallest absolute Gasteiger partial charge is 0.0510 e. The zero-order valence-electron chi connectivity index (χ0n) is 62.6. The fourth-order valence-electron chi connectivity index (χ4n) is 16.1. The Bertz CT molecular complexity index is 2070. The largest absolute Gasteiger partial charge is 0.261 e. The number of rotatable bonds is 8. The predicted molar refractivity (Wildman–Crippen MR) is 410 cm³/mol. The third kappa shape index (κ3) is 34.2. The second kappa shape index (κ2) is 39.3. The highest BCUT2D eigenvalue weighted by molar-refractivity contribution is 6.81. The van der Waals surface area contributed by atoms with Crippen LogP contribution in [0.4, 0.5) is 0 Å². The zero-order valence-corrected chi connectivity index (χ0v) is 68.6. The first kappa shape index (κ1) is 81.9. The Morgan fingerprint density at radius 1 is 0.447 bits per heavy atom. The topological polar surface area (TPSA) is 12.9 Å². The maximum absolute atomic E-state index is 4.10. The van der Waals surface area contributed by atoms with Crippen molar-refractivity contribution < 1.29 is 0 Å². The minimum Gasteiger partial charge on any atom is -0.261 e. The molecule has 85 heavy (non-hydrogen) atoms. The van der Waals surface area contributed by atoms with Gasteiger partial charge in [-0.05, 0) is 99.6 Å². The van der Waals surface area contributed by atoms with E-state index in [0.29, 0.717) is 10.8 Å². The average Bonchev–Trinajstić information content (AvgIpc) is 4.35. The molecule has 0 spiro atoms. The lowest BCUT2D eigenvalue weighted by atomic mass is 9.81. The third-order valence-corrected chi connectivity index (χ3v) is 45.6. The lowest BCUT2D eigenvalue weighted by Crippen LogP contribution is -2.34. The Balaban J connectivity index is 0.000000479. The van der Waals surface area contributed by atoms with Gasteiger partial charge in [0.25, 0.3) is 0 Å². The molecule has 0 saturated carbocycles. The second-order valence-corrected chi connectivity index (χ2v) is 66.7. The number of benzene rings is 2. The van der Waals surface area contributed by atoms with Crippen molar-refractivity contribution in [2.75, 3.05) is 0 Å².